The van der Waals surface area contributed by atoms with Gasteiger partial charge in [0.1, 0.15) is 0 Å². The average Bonchev–Trinajstić information content (AvgIpc) is 3.13. The van der Waals surface area contributed by atoms with E-state index >= 15 is 0 Å². The summed E-state index contributed by atoms with van der Waals surface area (Å²) in [7, 11) is 0. The van der Waals surface area contributed by atoms with E-state index in [1.165, 1.54) is 6.07 Å². The van der Waals surface area contributed by atoms with Crippen LogP contribution in [0.4, 0.5) is 13.2 Å². The van der Waals surface area contributed by atoms with Gasteiger partial charge in [-0.1, -0.05) is 0 Å². The molecule has 0 N–H and O–H groups in total. The molecule has 2 aromatic heterocycles. The second kappa shape index (κ2) is 3.95. The van der Waals surface area contributed by atoms with Gasteiger partial charge in [-0.2, -0.15) is 18.3 Å². The molecule has 1 saturated carbocycles. The van der Waals surface area contributed by atoms with Crippen LogP contribution in [0.2, 0.25) is 0 Å². The highest BCUT2D eigenvalue weighted by molar-refractivity contribution is 5.83. The number of nitrogens with zero attached hydrogens (tertiary/aromatic N) is 3. The highest BCUT2D eigenvalue weighted by Gasteiger charge is 2.37. The molecule has 6 heteroatoms. The van der Waals surface area contributed by atoms with Gasteiger partial charge in [-0.05, 0) is 32.8 Å². The molecule has 0 aromatic carbocycles. The van der Waals surface area contributed by atoms with Gasteiger partial charge in [0.15, 0.2) is 5.65 Å². The summed E-state index contributed by atoms with van der Waals surface area (Å²) in [5, 5.41) is 4.30. The molecule has 1 aliphatic carbocycles. The fourth-order valence-corrected chi connectivity index (χ4v) is 2.41. The third-order valence-electron chi connectivity index (χ3n) is 3.50. The van der Waals surface area contributed by atoms with Gasteiger partial charge in [-0.3, -0.25) is 0 Å². The molecule has 19 heavy (non-hydrogen) atoms. The lowest BCUT2D eigenvalue weighted by Gasteiger charge is -2.10. The van der Waals surface area contributed by atoms with Crippen LogP contribution >= 0.6 is 0 Å². The Morgan fingerprint density at radius 2 is 2.05 bits per heavy atom. The van der Waals surface area contributed by atoms with Crippen LogP contribution in [-0.4, -0.2) is 14.8 Å². The van der Waals surface area contributed by atoms with Crippen LogP contribution in [0.3, 0.4) is 0 Å². The first kappa shape index (κ1) is 12.4. The third kappa shape index (κ3) is 1.99. The summed E-state index contributed by atoms with van der Waals surface area (Å²) < 4.78 is 41.2. The van der Waals surface area contributed by atoms with Crippen LogP contribution in [0.5, 0.6) is 0 Å². The summed E-state index contributed by atoms with van der Waals surface area (Å²) in [4.78, 5) is 4.40. The Hall–Kier alpha value is -1.59. The summed E-state index contributed by atoms with van der Waals surface area (Å²) in [6, 6.07) is 1.20. The van der Waals surface area contributed by atoms with Gasteiger partial charge in [0.05, 0.1) is 16.6 Å². The van der Waals surface area contributed by atoms with Crippen molar-refractivity contribution >= 4 is 11.0 Å². The van der Waals surface area contributed by atoms with Crippen LogP contribution < -0.4 is 0 Å². The van der Waals surface area contributed by atoms with Crippen LogP contribution in [0, 0.1) is 6.92 Å². The fourth-order valence-electron chi connectivity index (χ4n) is 2.41. The van der Waals surface area contributed by atoms with E-state index in [0.717, 1.165) is 12.8 Å². The van der Waals surface area contributed by atoms with Crippen LogP contribution in [0.15, 0.2) is 6.07 Å². The van der Waals surface area contributed by atoms with E-state index in [1.807, 2.05) is 6.92 Å². The number of alkyl halides is 3. The molecule has 0 radical (unpaired) electrons. The van der Waals surface area contributed by atoms with Crippen molar-refractivity contribution < 1.29 is 13.2 Å². The van der Waals surface area contributed by atoms with Gasteiger partial charge in [0.25, 0.3) is 0 Å². The largest absolute Gasteiger partial charge is 0.417 e. The molecule has 0 amide bonds. The van der Waals surface area contributed by atoms with Crippen molar-refractivity contribution in [2.45, 2.75) is 45.3 Å². The van der Waals surface area contributed by atoms with Gasteiger partial charge in [0.2, 0.25) is 0 Å². The number of rotatable bonds is 2. The Kier molecular flexibility index (Phi) is 2.59. The van der Waals surface area contributed by atoms with E-state index in [-0.39, 0.29) is 11.3 Å². The minimum Gasteiger partial charge on any atom is -0.247 e. The average molecular weight is 269 g/mol. The Balaban J connectivity index is 2.34. The van der Waals surface area contributed by atoms with Crippen molar-refractivity contribution in [3.63, 3.8) is 0 Å². The minimum absolute atomic E-state index is 0.138. The van der Waals surface area contributed by atoms with E-state index in [0.29, 0.717) is 23.6 Å². The Bertz CT molecular complexity index is 639. The maximum atomic E-state index is 13.2. The van der Waals surface area contributed by atoms with Crippen molar-refractivity contribution in [3.05, 3.63) is 23.0 Å². The molecule has 0 aliphatic heterocycles. The third-order valence-corrected chi connectivity index (χ3v) is 3.50. The second-order valence-electron chi connectivity index (χ2n) is 4.97. The normalized spacial score (nSPS) is 16.3. The number of hydrogen-bond acceptors (Lipinski definition) is 2. The predicted octanol–water partition coefficient (Wildman–Crippen LogP) is 3.66. The molecule has 3 rings (SSSR count). The summed E-state index contributed by atoms with van der Waals surface area (Å²) in [5.74, 6) is 0.186. The molecule has 0 unspecified atom stereocenters. The SMILES string of the molecule is CCn1nc(C)c2c(C(F)(F)F)cc(C3CC3)nc21. The molecule has 0 atom stereocenters. The van der Waals surface area contributed by atoms with Gasteiger partial charge in [-0.25, -0.2) is 9.67 Å². The molecule has 0 spiro atoms. The van der Waals surface area contributed by atoms with Gasteiger partial charge < -0.3 is 0 Å². The van der Waals surface area contributed by atoms with Crippen LogP contribution in [0.1, 0.15) is 42.6 Å². The smallest absolute Gasteiger partial charge is 0.247 e. The Labute approximate surface area is 108 Å². The van der Waals surface area contributed by atoms with Crippen molar-refractivity contribution in [2.75, 3.05) is 0 Å². The molecule has 1 fully saturated rings. The van der Waals surface area contributed by atoms with Crippen molar-refractivity contribution in [1.29, 1.82) is 0 Å². The zero-order valence-corrected chi connectivity index (χ0v) is 10.8. The predicted molar refractivity (Wildman–Crippen MR) is 64.9 cm³/mol. The highest BCUT2D eigenvalue weighted by Crippen LogP contribution is 2.43. The molecule has 2 aromatic rings. The zero-order valence-electron chi connectivity index (χ0n) is 10.8. The summed E-state index contributed by atoms with van der Waals surface area (Å²) in [6.07, 6.45) is -2.51. The summed E-state index contributed by atoms with van der Waals surface area (Å²) in [5.41, 5.74) is 0.696. The molecular weight excluding hydrogens is 255 g/mol. The lowest BCUT2D eigenvalue weighted by atomic mass is 10.1. The zero-order chi connectivity index (χ0) is 13.8. The second-order valence-corrected chi connectivity index (χ2v) is 4.97. The van der Waals surface area contributed by atoms with E-state index < -0.39 is 11.7 Å². The lowest BCUT2D eigenvalue weighted by Crippen LogP contribution is -2.08. The molecule has 1 aliphatic rings. The fraction of sp³-hybridized carbons (Fsp3) is 0.538. The highest BCUT2D eigenvalue weighted by atomic mass is 19.4. The van der Waals surface area contributed by atoms with Gasteiger partial charge in [0, 0.05) is 18.2 Å². The number of aryl methyl sites for hydroxylation is 2. The molecule has 3 nitrogen and oxygen atoms in total. The van der Waals surface area contributed by atoms with Crippen molar-refractivity contribution in [3.8, 4) is 0 Å². The van der Waals surface area contributed by atoms with Crippen LogP contribution in [0.25, 0.3) is 11.0 Å². The first-order chi connectivity index (χ1) is 8.91. The number of halogens is 3. The monoisotopic (exact) mass is 269 g/mol. The Morgan fingerprint density at radius 1 is 1.37 bits per heavy atom. The molecular formula is C13H14F3N3. The lowest BCUT2D eigenvalue weighted by molar-refractivity contribution is -0.136. The quantitative estimate of drug-likeness (QED) is 0.833. The van der Waals surface area contributed by atoms with E-state index in [2.05, 4.69) is 10.1 Å². The van der Waals surface area contributed by atoms with Crippen LogP contribution in [-0.2, 0) is 12.7 Å². The number of pyridine rings is 1. The first-order valence-corrected chi connectivity index (χ1v) is 6.37. The maximum absolute atomic E-state index is 13.2. The molecule has 2 heterocycles. The molecule has 0 bridgehead atoms. The van der Waals surface area contributed by atoms with E-state index in [4.69, 9.17) is 0 Å². The standard InChI is InChI=1S/C13H14F3N3/c1-3-19-12-11(7(2)18-19)9(13(14,15)16)6-10(17-12)8-4-5-8/h6,8H,3-5H2,1-2H3. The number of hydrogen-bond donors (Lipinski definition) is 0. The number of fused-ring (bicyclic) bond motifs is 1. The van der Waals surface area contributed by atoms with Crippen molar-refractivity contribution in [2.24, 2.45) is 0 Å². The topological polar surface area (TPSA) is 30.7 Å². The van der Waals surface area contributed by atoms with Crippen molar-refractivity contribution in [1.82, 2.24) is 14.8 Å². The maximum Gasteiger partial charge on any atom is 0.417 e. The van der Waals surface area contributed by atoms with Gasteiger partial charge in [-0.15, -0.1) is 0 Å². The number of aromatic nitrogens is 3. The first-order valence-electron chi connectivity index (χ1n) is 6.37. The van der Waals surface area contributed by atoms with Gasteiger partial charge >= 0.3 is 6.18 Å². The molecule has 0 saturated heterocycles. The van der Waals surface area contributed by atoms with E-state index in [9.17, 15) is 13.2 Å². The molecule has 102 valence electrons. The minimum atomic E-state index is -4.36. The van der Waals surface area contributed by atoms with E-state index in [1.54, 1.807) is 11.6 Å². The summed E-state index contributed by atoms with van der Waals surface area (Å²) >= 11 is 0. The summed E-state index contributed by atoms with van der Waals surface area (Å²) in [6.45, 7) is 3.97. The Morgan fingerprint density at radius 3 is 2.58 bits per heavy atom.